The molecule has 0 aliphatic carbocycles. The Bertz CT molecular complexity index is 499. The maximum Gasteiger partial charge on any atom is 0.221 e. The molecule has 1 N–H and O–H groups in total. The molecule has 1 aromatic rings. The second kappa shape index (κ2) is 6.02. The molecule has 0 saturated heterocycles. The normalized spacial score (nSPS) is 11.2. The van der Waals surface area contributed by atoms with Gasteiger partial charge in [-0.2, -0.15) is 0 Å². The zero-order valence-corrected chi connectivity index (χ0v) is 11.0. The highest BCUT2D eigenvalue weighted by Gasteiger charge is 2.12. The molecule has 1 rings (SSSR count). The Morgan fingerprint density at radius 2 is 2.00 bits per heavy atom. The lowest BCUT2D eigenvalue weighted by Gasteiger charge is -2.08. The first-order valence-corrected chi connectivity index (χ1v) is 7.48. The highest BCUT2D eigenvalue weighted by Crippen LogP contribution is 2.14. The van der Waals surface area contributed by atoms with Crippen molar-refractivity contribution in [1.29, 1.82) is 0 Å². The summed E-state index contributed by atoms with van der Waals surface area (Å²) in [6, 6.07) is 6.59. The second-order valence-corrected chi connectivity index (χ2v) is 5.96. The standard InChI is InChI=1S/C11H14ClNO3S/c1-17(15,16)10-5-3-2-4-9(10)8-13-11(14)6-7-12/h2-5H,6-8H2,1H3,(H,13,14). The van der Waals surface area contributed by atoms with E-state index in [9.17, 15) is 13.2 Å². The lowest BCUT2D eigenvalue weighted by molar-refractivity contribution is -0.120. The van der Waals surface area contributed by atoms with Gasteiger partial charge >= 0.3 is 0 Å². The van der Waals surface area contributed by atoms with Crippen LogP contribution < -0.4 is 5.32 Å². The second-order valence-electron chi connectivity index (χ2n) is 3.60. The van der Waals surface area contributed by atoms with Crippen molar-refractivity contribution in [2.75, 3.05) is 12.1 Å². The van der Waals surface area contributed by atoms with Gasteiger partial charge in [-0.15, -0.1) is 11.6 Å². The highest BCUT2D eigenvalue weighted by molar-refractivity contribution is 7.90. The van der Waals surface area contributed by atoms with Crippen molar-refractivity contribution in [3.05, 3.63) is 29.8 Å². The van der Waals surface area contributed by atoms with Crippen LogP contribution in [0.15, 0.2) is 29.2 Å². The summed E-state index contributed by atoms with van der Waals surface area (Å²) in [5.41, 5.74) is 0.581. The number of alkyl halides is 1. The minimum absolute atomic E-state index is 0.191. The molecule has 0 aliphatic rings. The fourth-order valence-electron chi connectivity index (χ4n) is 1.38. The first-order valence-electron chi connectivity index (χ1n) is 5.06. The monoisotopic (exact) mass is 275 g/mol. The van der Waals surface area contributed by atoms with Gasteiger partial charge in [-0.1, -0.05) is 18.2 Å². The van der Waals surface area contributed by atoms with Crippen molar-refractivity contribution in [3.63, 3.8) is 0 Å². The average Bonchev–Trinajstić information content (AvgIpc) is 2.26. The molecule has 0 bridgehead atoms. The predicted octanol–water partition coefficient (Wildman–Crippen LogP) is 1.34. The van der Waals surface area contributed by atoms with Crippen LogP contribution in [-0.2, 0) is 21.2 Å². The number of carbonyl (C=O) groups is 1. The van der Waals surface area contributed by atoms with E-state index in [1.165, 1.54) is 6.07 Å². The van der Waals surface area contributed by atoms with E-state index in [1.807, 2.05) is 0 Å². The van der Waals surface area contributed by atoms with Crippen LogP contribution in [0.4, 0.5) is 0 Å². The van der Waals surface area contributed by atoms with E-state index in [-0.39, 0.29) is 29.6 Å². The van der Waals surface area contributed by atoms with E-state index in [1.54, 1.807) is 18.2 Å². The van der Waals surface area contributed by atoms with Gasteiger partial charge < -0.3 is 5.32 Å². The number of carbonyl (C=O) groups excluding carboxylic acids is 1. The Hall–Kier alpha value is -1.07. The molecule has 4 nitrogen and oxygen atoms in total. The largest absolute Gasteiger partial charge is 0.352 e. The third-order valence-electron chi connectivity index (χ3n) is 2.17. The lowest BCUT2D eigenvalue weighted by Crippen LogP contribution is -2.23. The lowest BCUT2D eigenvalue weighted by atomic mass is 10.2. The fraction of sp³-hybridized carbons (Fsp3) is 0.364. The van der Waals surface area contributed by atoms with Crippen LogP contribution in [0, 0.1) is 0 Å². The van der Waals surface area contributed by atoms with E-state index in [4.69, 9.17) is 11.6 Å². The molecule has 1 aromatic carbocycles. The first-order chi connectivity index (χ1) is 7.95. The number of benzene rings is 1. The van der Waals surface area contributed by atoms with Gasteiger partial charge in [0.05, 0.1) is 4.90 Å². The molecule has 0 radical (unpaired) electrons. The number of hydrogen-bond donors (Lipinski definition) is 1. The maximum atomic E-state index is 11.5. The number of amides is 1. The molecule has 94 valence electrons. The van der Waals surface area contributed by atoms with Crippen LogP contribution >= 0.6 is 11.6 Å². The van der Waals surface area contributed by atoms with E-state index in [2.05, 4.69) is 5.32 Å². The van der Waals surface area contributed by atoms with Crippen molar-refractivity contribution < 1.29 is 13.2 Å². The Morgan fingerprint density at radius 1 is 1.35 bits per heavy atom. The smallest absolute Gasteiger partial charge is 0.221 e. The van der Waals surface area contributed by atoms with Crippen molar-refractivity contribution in [2.45, 2.75) is 17.9 Å². The summed E-state index contributed by atoms with van der Waals surface area (Å²) >= 11 is 5.43. The van der Waals surface area contributed by atoms with Crippen LogP contribution in [0.3, 0.4) is 0 Å². The van der Waals surface area contributed by atoms with E-state index in [0.29, 0.717) is 5.56 Å². The Balaban J connectivity index is 2.82. The zero-order chi connectivity index (χ0) is 12.9. The van der Waals surface area contributed by atoms with E-state index >= 15 is 0 Å². The third kappa shape index (κ3) is 4.36. The van der Waals surface area contributed by atoms with Gasteiger partial charge in [0, 0.05) is 25.1 Å². The zero-order valence-electron chi connectivity index (χ0n) is 9.44. The predicted molar refractivity (Wildman–Crippen MR) is 66.7 cm³/mol. The van der Waals surface area contributed by atoms with Gasteiger partial charge in [0.2, 0.25) is 5.91 Å². The van der Waals surface area contributed by atoms with Gasteiger partial charge in [0.15, 0.2) is 9.84 Å². The Labute approximate surface area is 106 Å². The van der Waals surface area contributed by atoms with Crippen molar-refractivity contribution >= 4 is 27.3 Å². The summed E-state index contributed by atoms with van der Waals surface area (Å²) in [7, 11) is -3.27. The van der Waals surface area contributed by atoms with Gasteiger partial charge in [-0.25, -0.2) is 8.42 Å². The highest BCUT2D eigenvalue weighted by atomic mass is 35.5. The SMILES string of the molecule is CS(=O)(=O)c1ccccc1CNC(=O)CCCl. The fourth-order valence-corrected chi connectivity index (χ4v) is 2.49. The summed E-state index contributed by atoms with van der Waals surface area (Å²) in [4.78, 5) is 11.5. The van der Waals surface area contributed by atoms with Crippen LogP contribution in [-0.4, -0.2) is 26.5 Å². The molecule has 0 aromatic heterocycles. The molecule has 0 aliphatic heterocycles. The van der Waals surface area contributed by atoms with Crippen molar-refractivity contribution in [3.8, 4) is 0 Å². The molecular weight excluding hydrogens is 262 g/mol. The Kier molecular flexibility index (Phi) is 4.96. The van der Waals surface area contributed by atoms with Gasteiger partial charge in [0.25, 0.3) is 0 Å². The van der Waals surface area contributed by atoms with Crippen molar-refractivity contribution in [1.82, 2.24) is 5.32 Å². The minimum Gasteiger partial charge on any atom is -0.352 e. The maximum absolute atomic E-state index is 11.5. The molecule has 0 saturated carbocycles. The molecule has 0 spiro atoms. The third-order valence-corrected chi connectivity index (χ3v) is 3.56. The summed E-state index contributed by atoms with van der Waals surface area (Å²) in [5, 5.41) is 2.62. The van der Waals surface area contributed by atoms with E-state index in [0.717, 1.165) is 6.26 Å². The molecular formula is C11H14ClNO3S. The quantitative estimate of drug-likeness (QED) is 0.825. The molecule has 0 heterocycles. The summed E-state index contributed by atoms with van der Waals surface area (Å²) in [6.45, 7) is 0.193. The number of rotatable bonds is 5. The summed E-state index contributed by atoms with van der Waals surface area (Å²) in [5.74, 6) is 0.0582. The molecule has 6 heteroatoms. The van der Waals surface area contributed by atoms with Gasteiger partial charge in [-0.05, 0) is 11.6 Å². The topological polar surface area (TPSA) is 63.2 Å². The number of sulfone groups is 1. The number of halogens is 1. The number of nitrogens with one attached hydrogen (secondary N) is 1. The van der Waals surface area contributed by atoms with Gasteiger partial charge in [0.1, 0.15) is 0 Å². The minimum atomic E-state index is -3.27. The van der Waals surface area contributed by atoms with Crippen LogP contribution in [0.2, 0.25) is 0 Å². The van der Waals surface area contributed by atoms with Crippen LogP contribution in [0.1, 0.15) is 12.0 Å². The van der Waals surface area contributed by atoms with Crippen molar-refractivity contribution in [2.24, 2.45) is 0 Å². The molecule has 0 unspecified atom stereocenters. The molecule has 17 heavy (non-hydrogen) atoms. The van der Waals surface area contributed by atoms with Gasteiger partial charge in [-0.3, -0.25) is 4.79 Å². The number of hydrogen-bond acceptors (Lipinski definition) is 3. The van der Waals surface area contributed by atoms with E-state index < -0.39 is 9.84 Å². The van der Waals surface area contributed by atoms with Crippen LogP contribution in [0.25, 0.3) is 0 Å². The molecule has 0 atom stereocenters. The molecule has 0 fully saturated rings. The first kappa shape index (κ1) is 14.0. The summed E-state index contributed by atoms with van der Waals surface area (Å²) in [6.07, 6.45) is 1.37. The molecule has 1 amide bonds. The summed E-state index contributed by atoms with van der Waals surface area (Å²) < 4.78 is 23.0. The Morgan fingerprint density at radius 3 is 2.59 bits per heavy atom. The van der Waals surface area contributed by atoms with Crippen LogP contribution in [0.5, 0.6) is 0 Å². The average molecular weight is 276 g/mol.